The van der Waals surface area contributed by atoms with Crippen LogP contribution in [0.3, 0.4) is 0 Å². The van der Waals surface area contributed by atoms with Gasteiger partial charge in [0.1, 0.15) is 6.73 Å². The molecule has 0 fully saturated rings. The molecule has 0 radical (unpaired) electrons. The molecule has 3 heteroatoms. The van der Waals surface area contributed by atoms with Crippen molar-refractivity contribution in [1.29, 1.82) is 0 Å². The maximum atomic E-state index is 8.89. The zero-order chi connectivity index (χ0) is 7.98. The van der Waals surface area contributed by atoms with E-state index in [9.17, 15) is 0 Å². The van der Waals surface area contributed by atoms with Gasteiger partial charge >= 0.3 is 0 Å². The number of allylic oxidation sites excluding steroid dienone is 1. The summed E-state index contributed by atoms with van der Waals surface area (Å²) in [6, 6.07) is 0. The van der Waals surface area contributed by atoms with Crippen LogP contribution in [0.25, 0.3) is 0 Å². The van der Waals surface area contributed by atoms with Crippen LogP contribution in [0.15, 0.2) is 12.3 Å². The number of aliphatic hydroxyl groups is 2. The maximum absolute atomic E-state index is 8.89. The Bertz CT molecular complexity index is 102. The molecule has 1 atom stereocenters. The Kier molecular flexibility index (Phi) is 4.98. The smallest absolute Gasteiger partial charge is 0.115 e. The van der Waals surface area contributed by atoms with Crippen LogP contribution < -0.4 is 0 Å². The quantitative estimate of drug-likeness (QED) is 0.553. The standard InChI is InChI=1S/C7H15NO2/c1-3-4-8(6-9)5-7(2)10/h3-4,7,9-10H,5-6H2,1-2H3/b4-3-. The predicted molar refractivity (Wildman–Crippen MR) is 40.3 cm³/mol. The highest BCUT2D eigenvalue weighted by molar-refractivity contribution is 4.77. The summed E-state index contributed by atoms with van der Waals surface area (Å²) in [5.74, 6) is 0. The molecule has 0 aliphatic carbocycles. The summed E-state index contributed by atoms with van der Waals surface area (Å²) in [5.41, 5.74) is 0. The fourth-order valence-corrected chi connectivity index (χ4v) is 0.716. The van der Waals surface area contributed by atoms with Crippen molar-refractivity contribution in [3.8, 4) is 0 Å². The van der Waals surface area contributed by atoms with Gasteiger partial charge in [0.2, 0.25) is 0 Å². The molecule has 10 heavy (non-hydrogen) atoms. The summed E-state index contributed by atoms with van der Waals surface area (Å²) in [7, 11) is 0. The van der Waals surface area contributed by atoms with Gasteiger partial charge in [-0.2, -0.15) is 0 Å². The molecule has 0 aromatic rings. The van der Waals surface area contributed by atoms with E-state index in [4.69, 9.17) is 10.2 Å². The average Bonchev–Trinajstić information content (AvgIpc) is 1.86. The summed E-state index contributed by atoms with van der Waals surface area (Å²) in [6.07, 6.45) is 3.16. The second-order valence-electron chi connectivity index (χ2n) is 2.24. The van der Waals surface area contributed by atoms with E-state index >= 15 is 0 Å². The Balaban J connectivity index is 3.60. The van der Waals surface area contributed by atoms with Crippen LogP contribution in [0.4, 0.5) is 0 Å². The normalized spacial score (nSPS) is 14.0. The summed E-state index contributed by atoms with van der Waals surface area (Å²) < 4.78 is 0. The van der Waals surface area contributed by atoms with E-state index < -0.39 is 6.10 Å². The van der Waals surface area contributed by atoms with Gasteiger partial charge in [0.05, 0.1) is 6.10 Å². The predicted octanol–water partition coefficient (Wildman–Crippen LogP) is 0.153. The van der Waals surface area contributed by atoms with Crippen molar-refractivity contribution in [2.24, 2.45) is 0 Å². The number of hydrogen-bond acceptors (Lipinski definition) is 3. The van der Waals surface area contributed by atoms with Gasteiger partial charge < -0.3 is 15.1 Å². The van der Waals surface area contributed by atoms with E-state index in [1.165, 1.54) is 0 Å². The first-order valence-electron chi connectivity index (χ1n) is 3.36. The minimum Gasteiger partial charge on any atom is -0.392 e. The zero-order valence-corrected chi connectivity index (χ0v) is 6.49. The molecule has 0 rings (SSSR count). The first kappa shape index (κ1) is 9.46. The lowest BCUT2D eigenvalue weighted by molar-refractivity contribution is 0.0923. The summed E-state index contributed by atoms with van der Waals surface area (Å²) >= 11 is 0. The molecule has 0 amide bonds. The van der Waals surface area contributed by atoms with Gasteiger partial charge in [-0.05, 0) is 20.0 Å². The topological polar surface area (TPSA) is 43.7 Å². The number of rotatable bonds is 4. The Hall–Kier alpha value is -0.540. The van der Waals surface area contributed by atoms with Crippen molar-refractivity contribution in [3.63, 3.8) is 0 Å². The summed E-state index contributed by atoms with van der Waals surface area (Å²) in [6.45, 7) is 3.98. The second-order valence-corrected chi connectivity index (χ2v) is 2.24. The van der Waals surface area contributed by atoms with Crippen LogP contribution >= 0.6 is 0 Å². The number of aliphatic hydroxyl groups excluding tert-OH is 2. The van der Waals surface area contributed by atoms with Crippen molar-refractivity contribution >= 4 is 0 Å². The monoisotopic (exact) mass is 145 g/mol. The largest absolute Gasteiger partial charge is 0.392 e. The average molecular weight is 145 g/mol. The molecule has 0 bridgehead atoms. The highest BCUT2D eigenvalue weighted by Crippen LogP contribution is 1.90. The summed E-state index contributed by atoms with van der Waals surface area (Å²) in [5, 5.41) is 17.6. The first-order chi connectivity index (χ1) is 4.70. The number of nitrogens with zero attached hydrogens (tertiary/aromatic N) is 1. The Morgan fingerprint density at radius 3 is 2.50 bits per heavy atom. The van der Waals surface area contributed by atoms with Gasteiger partial charge in [-0.3, -0.25) is 0 Å². The van der Waals surface area contributed by atoms with E-state index in [2.05, 4.69) is 0 Å². The van der Waals surface area contributed by atoms with Crippen LogP contribution in [0.5, 0.6) is 0 Å². The molecule has 0 aromatic heterocycles. The third kappa shape index (κ3) is 4.35. The van der Waals surface area contributed by atoms with Crippen LogP contribution in [-0.2, 0) is 0 Å². The van der Waals surface area contributed by atoms with E-state index in [0.29, 0.717) is 6.54 Å². The van der Waals surface area contributed by atoms with E-state index in [0.717, 1.165) is 0 Å². The third-order valence-electron chi connectivity index (χ3n) is 1.04. The zero-order valence-electron chi connectivity index (χ0n) is 6.49. The maximum Gasteiger partial charge on any atom is 0.115 e. The highest BCUT2D eigenvalue weighted by atomic mass is 16.3. The van der Waals surface area contributed by atoms with Crippen molar-refractivity contribution in [2.45, 2.75) is 20.0 Å². The molecular formula is C7H15NO2. The van der Waals surface area contributed by atoms with Gasteiger partial charge in [0, 0.05) is 6.54 Å². The van der Waals surface area contributed by atoms with Crippen LogP contribution in [0.1, 0.15) is 13.8 Å². The molecule has 0 spiro atoms. The van der Waals surface area contributed by atoms with Crippen molar-refractivity contribution < 1.29 is 10.2 Å². The van der Waals surface area contributed by atoms with Gasteiger partial charge in [-0.25, -0.2) is 0 Å². The molecule has 0 heterocycles. The van der Waals surface area contributed by atoms with Crippen molar-refractivity contribution in [2.75, 3.05) is 13.3 Å². The van der Waals surface area contributed by atoms with Gasteiger partial charge in [-0.1, -0.05) is 6.08 Å². The van der Waals surface area contributed by atoms with Gasteiger partial charge in [0.25, 0.3) is 0 Å². The van der Waals surface area contributed by atoms with Crippen LogP contribution in [0.2, 0.25) is 0 Å². The lowest BCUT2D eigenvalue weighted by Gasteiger charge is -2.18. The molecule has 60 valence electrons. The third-order valence-corrected chi connectivity index (χ3v) is 1.04. The van der Waals surface area contributed by atoms with E-state index in [-0.39, 0.29) is 6.73 Å². The first-order valence-corrected chi connectivity index (χ1v) is 3.36. The molecule has 0 saturated carbocycles. The Morgan fingerprint density at radius 2 is 2.20 bits per heavy atom. The Labute approximate surface area is 61.6 Å². The Morgan fingerprint density at radius 1 is 1.60 bits per heavy atom. The molecule has 0 saturated heterocycles. The van der Waals surface area contributed by atoms with Crippen molar-refractivity contribution in [3.05, 3.63) is 12.3 Å². The lowest BCUT2D eigenvalue weighted by atomic mass is 10.4. The van der Waals surface area contributed by atoms with Crippen LogP contribution in [-0.4, -0.2) is 34.5 Å². The number of hydrogen-bond donors (Lipinski definition) is 2. The molecule has 1 unspecified atom stereocenters. The lowest BCUT2D eigenvalue weighted by Crippen LogP contribution is -2.26. The molecule has 0 aromatic carbocycles. The van der Waals surface area contributed by atoms with Gasteiger partial charge in [-0.15, -0.1) is 0 Å². The highest BCUT2D eigenvalue weighted by Gasteiger charge is 1.99. The van der Waals surface area contributed by atoms with E-state index in [1.54, 1.807) is 18.0 Å². The van der Waals surface area contributed by atoms with Crippen LogP contribution in [0, 0.1) is 0 Å². The van der Waals surface area contributed by atoms with Gasteiger partial charge in [0.15, 0.2) is 0 Å². The van der Waals surface area contributed by atoms with Crippen molar-refractivity contribution in [1.82, 2.24) is 4.90 Å². The molecule has 0 aliphatic heterocycles. The molecule has 2 N–H and O–H groups in total. The SMILES string of the molecule is C/C=C\N(CO)CC(C)O. The fraction of sp³-hybridized carbons (Fsp3) is 0.714. The molecular weight excluding hydrogens is 130 g/mol. The molecule has 3 nitrogen and oxygen atoms in total. The second kappa shape index (κ2) is 5.26. The summed E-state index contributed by atoms with van der Waals surface area (Å²) in [4.78, 5) is 1.63. The van der Waals surface area contributed by atoms with E-state index in [1.807, 2.05) is 13.0 Å². The fourth-order valence-electron chi connectivity index (χ4n) is 0.716. The molecule has 0 aliphatic rings. The minimum atomic E-state index is -0.400. The minimum absolute atomic E-state index is 0.0464.